The van der Waals surface area contributed by atoms with Gasteiger partial charge in [0.15, 0.2) is 0 Å². The monoisotopic (exact) mass is 254 g/mol. The smallest absolute Gasteiger partial charge is 0.0147 e. The van der Waals surface area contributed by atoms with Crippen LogP contribution in [0.3, 0.4) is 0 Å². The van der Waals surface area contributed by atoms with Crippen molar-refractivity contribution in [2.45, 2.75) is 91.9 Å². The van der Waals surface area contributed by atoms with Crippen LogP contribution >= 0.6 is 0 Å². The van der Waals surface area contributed by atoms with E-state index in [0.717, 1.165) is 6.04 Å². The first kappa shape index (κ1) is 16.0. The molecule has 1 aliphatic heterocycles. The van der Waals surface area contributed by atoms with Crippen LogP contribution in [0, 0.1) is 5.41 Å². The van der Waals surface area contributed by atoms with Crippen LogP contribution in [-0.4, -0.2) is 35.6 Å². The normalized spacial score (nSPS) is 27.8. The standard InChI is InChI=1S/C16H34N2/c1-12(2)17-14-8-9-15(16(5,6)7)18(11-10-14)13(3)4/h12-15,17H,8-11H2,1-7H3. The second-order valence-corrected chi connectivity index (χ2v) is 7.60. The van der Waals surface area contributed by atoms with Crippen molar-refractivity contribution < 1.29 is 0 Å². The average molecular weight is 254 g/mol. The molecule has 108 valence electrons. The predicted molar refractivity (Wildman–Crippen MR) is 81.0 cm³/mol. The Hall–Kier alpha value is -0.0800. The minimum Gasteiger partial charge on any atom is -0.312 e. The number of likely N-dealkylation sites (tertiary alicyclic amines) is 1. The molecule has 1 rings (SSSR count). The summed E-state index contributed by atoms with van der Waals surface area (Å²) in [5, 5.41) is 3.73. The molecule has 1 heterocycles. The van der Waals surface area contributed by atoms with Gasteiger partial charge >= 0.3 is 0 Å². The van der Waals surface area contributed by atoms with E-state index in [1.54, 1.807) is 0 Å². The maximum Gasteiger partial charge on any atom is 0.0147 e. The van der Waals surface area contributed by atoms with Gasteiger partial charge in [-0.1, -0.05) is 34.6 Å². The van der Waals surface area contributed by atoms with Gasteiger partial charge in [-0.15, -0.1) is 0 Å². The fourth-order valence-corrected chi connectivity index (χ4v) is 3.32. The van der Waals surface area contributed by atoms with Crippen molar-refractivity contribution in [1.82, 2.24) is 10.2 Å². The SMILES string of the molecule is CC(C)NC1CCC(C(C)(C)C)N(C(C)C)CC1. The second kappa shape index (κ2) is 6.38. The number of hydrogen-bond acceptors (Lipinski definition) is 2. The van der Waals surface area contributed by atoms with Gasteiger partial charge < -0.3 is 5.32 Å². The molecule has 2 unspecified atom stereocenters. The molecule has 0 saturated carbocycles. The average Bonchev–Trinajstić information content (AvgIpc) is 2.38. The first-order chi connectivity index (χ1) is 8.21. The summed E-state index contributed by atoms with van der Waals surface area (Å²) in [7, 11) is 0. The van der Waals surface area contributed by atoms with Crippen molar-refractivity contribution in [3.05, 3.63) is 0 Å². The van der Waals surface area contributed by atoms with Gasteiger partial charge in [-0.2, -0.15) is 0 Å². The molecule has 2 nitrogen and oxygen atoms in total. The lowest BCUT2D eigenvalue weighted by atomic mass is 9.82. The Morgan fingerprint density at radius 3 is 2.06 bits per heavy atom. The lowest BCUT2D eigenvalue weighted by Crippen LogP contribution is -2.47. The zero-order chi connectivity index (χ0) is 13.9. The Kier molecular flexibility index (Phi) is 5.67. The van der Waals surface area contributed by atoms with Crippen molar-refractivity contribution >= 4 is 0 Å². The maximum atomic E-state index is 3.73. The molecule has 1 N–H and O–H groups in total. The molecule has 0 bridgehead atoms. The molecule has 18 heavy (non-hydrogen) atoms. The summed E-state index contributed by atoms with van der Waals surface area (Å²) in [6.07, 6.45) is 3.94. The molecule has 2 heteroatoms. The third-order valence-electron chi connectivity index (χ3n) is 4.16. The van der Waals surface area contributed by atoms with Gasteiger partial charge in [-0.25, -0.2) is 0 Å². The van der Waals surface area contributed by atoms with E-state index >= 15 is 0 Å². The van der Waals surface area contributed by atoms with Gasteiger partial charge in [0, 0.05) is 30.7 Å². The van der Waals surface area contributed by atoms with Gasteiger partial charge in [0.25, 0.3) is 0 Å². The Morgan fingerprint density at radius 2 is 1.61 bits per heavy atom. The molecule has 0 aromatic heterocycles. The van der Waals surface area contributed by atoms with Crippen molar-refractivity contribution in [3.8, 4) is 0 Å². The summed E-state index contributed by atoms with van der Waals surface area (Å²) in [5.74, 6) is 0. The zero-order valence-electron chi connectivity index (χ0n) is 13.6. The fourth-order valence-electron chi connectivity index (χ4n) is 3.32. The molecule has 1 fully saturated rings. The maximum absolute atomic E-state index is 3.73. The predicted octanol–water partition coefficient (Wildman–Crippen LogP) is 3.66. The van der Waals surface area contributed by atoms with E-state index in [-0.39, 0.29) is 0 Å². The van der Waals surface area contributed by atoms with Crippen LogP contribution in [0.5, 0.6) is 0 Å². The highest BCUT2D eigenvalue weighted by Gasteiger charge is 2.34. The van der Waals surface area contributed by atoms with Gasteiger partial charge in [-0.3, -0.25) is 4.90 Å². The summed E-state index contributed by atoms with van der Waals surface area (Å²) in [4.78, 5) is 2.72. The fraction of sp³-hybridized carbons (Fsp3) is 1.00. The Bertz CT molecular complexity index is 240. The summed E-state index contributed by atoms with van der Waals surface area (Å²) in [6, 6.07) is 2.69. The van der Waals surface area contributed by atoms with Crippen LogP contribution in [0.2, 0.25) is 0 Å². The summed E-state index contributed by atoms with van der Waals surface area (Å²) < 4.78 is 0. The van der Waals surface area contributed by atoms with E-state index in [4.69, 9.17) is 0 Å². The van der Waals surface area contributed by atoms with E-state index in [0.29, 0.717) is 23.5 Å². The third-order valence-corrected chi connectivity index (χ3v) is 4.16. The van der Waals surface area contributed by atoms with Crippen LogP contribution < -0.4 is 5.32 Å². The number of nitrogens with one attached hydrogen (secondary N) is 1. The van der Waals surface area contributed by atoms with Crippen molar-refractivity contribution in [2.24, 2.45) is 5.41 Å². The largest absolute Gasteiger partial charge is 0.312 e. The molecule has 2 atom stereocenters. The van der Waals surface area contributed by atoms with E-state index in [1.807, 2.05) is 0 Å². The molecule has 0 spiro atoms. The molecule has 1 aliphatic rings. The Labute approximate surface area is 115 Å². The molecular formula is C16H34N2. The number of nitrogens with zero attached hydrogens (tertiary/aromatic N) is 1. The van der Waals surface area contributed by atoms with Crippen LogP contribution in [0.4, 0.5) is 0 Å². The van der Waals surface area contributed by atoms with E-state index in [9.17, 15) is 0 Å². The second-order valence-electron chi connectivity index (χ2n) is 7.60. The quantitative estimate of drug-likeness (QED) is 0.827. The van der Waals surface area contributed by atoms with Gasteiger partial charge in [0.2, 0.25) is 0 Å². The molecule has 0 aliphatic carbocycles. The first-order valence-corrected chi connectivity index (χ1v) is 7.73. The molecule has 0 aromatic rings. The van der Waals surface area contributed by atoms with Crippen LogP contribution in [0.1, 0.15) is 67.7 Å². The van der Waals surface area contributed by atoms with Gasteiger partial charge in [0.05, 0.1) is 0 Å². The van der Waals surface area contributed by atoms with Crippen LogP contribution in [0.25, 0.3) is 0 Å². The molecular weight excluding hydrogens is 220 g/mol. The highest BCUT2D eigenvalue weighted by molar-refractivity contribution is 4.90. The number of rotatable bonds is 3. The zero-order valence-corrected chi connectivity index (χ0v) is 13.6. The minimum atomic E-state index is 0.386. The van der Waals surface area contributed by atoms with E-state index in [2.05, 4.69) is 58.7 Å². The van der Waals surface area contributed by atoms with E-state index < -0.39 is 0 Å². The minimum absolute atomic E-state index is 0.386. The lowest BCUT2D eigenvalue weighted by molar-refractivity contribution is 0.0726. The van der Waals surface area contributed by atoms with Crippen LogP contribution in [-0.2, 0) is 0 Å². The van der Waals surface area contributed by atoms with Crippen molar-refractivity contribution in [1.29, 1.82) is 0 Å². The van der Waals surface area contributed by atoms with Crippen LogP contribution in [0.15, 0.2) is 0 Å². The molecule has 0 radical (unpaired) electrons. The molecule has 1 saturated heterocycles. The third kappa shape index (κ3) is 4.55. The highest BCUT2D eigenvalue weighted by atomic mass is 15.2. The van der Waals surface area contributed by atoms with Gasteiger partial charge in [-0.05, 0) is 38.5 Å². The number of hydrogen-bond donors (Lipinski definition) is 1. The lowest BCUT2D eigenvalue weighted by Gasteiger charge is -2.41. The molecule has 0 amide bonds. The summed E-state index contributed by atoms with van der Waals surface area (Å²) in [5.41, 5.74) is 0.386. The summed E-state index contributed by atoms with van der Waals surface area (Å²) in [6.45, 7) is 17.6. The van der Waals surface area contributed by atoms with E-state index in [1.165, 1.54) is 25.8 Å². The van der Waals surface area contributed by atoms with Gasteiger partial charge in [0.1, 0.15) is 0 Å². The highest BCUT2D eigenvalue weighted by Crippen LogP contribution is 2.32. The summed E-state index contributed by atoms with van der Waals surface area (Å²) >= 11 is 0. The Balaban J connectivity index is 2.72. The van der Waals surface area contributed by atoms with Crippen molar-refractivity contribution in [2.75, 3.05) is 6.54 Å². The molecule has 0 aromatic carbocycles. The Morgan fingerprint density at radius 1 is 1.00 bits per heavy atom. The topological polar surface area (TPSA) is 15.3 Å². The first-order valence-electron chi connectivity index (χ1n) is 7.73. The van der Waals surface area contributed by atoms with Crippen molar-refractivity contribution in [3.63, 3.8) is 0 Å².